The molecule has 35 heavy (non-hydrogen) atoms. The lowest BCUT2D eigenvalue weighted by Crippen LogP contribution is -2.60. The number of methoxy groups -OCH3 is 2. The van der Waals surface area contributed by atoms with Crippen LogP contribution in [-0.2, 0) is 4.74 Å². The number of phenolic OH excluding ortho intramolecular Hbond substituents is 2. The van der Waals surface area contributed by atoms with Crippen molar-refractivity contribution in [2.24, 2.45) is 0 Å². The fourth-order valence-electron chi connectivity index (χ4n) is 3.79. The van der Waals surface area contributed by atoms with E-state index in [-0.39, 0.29) is 39.7 Å². The Morgan fingerprint density at radius 3 is 2.17 bits per heavy atom. The van der Waals surface area contributed by atoms with Crippen molar-refractivity contribution in [2.75, 3.05) is 20.8 Å². The fraction of sp³-hybridized carbons (Fsp3) is 0.348. The molecule has 1 saturated heterocycles. The molecule has 2 unspecified atom stereocenters. The number of benzene rings is 2. The van der Waals surface area contributed by atoms with Crippen LogP contribution in [0.15, 0.2) is 39.5 Å². The summed E-state index contributed by atoms with van der Waals surface area (Å²) in [6, 6.07) is 6.35. The molecule has 2 aromatic carbocycles. The zero-order valence-electron chi connectivity index (χ0n) is 18.6. The number of fused-ring (bicyclic) bond motifs is 1. The molecular formula is C23H24O12. The van der Waals surface area contributed by atoms with Crippen LogP contribution < -0.4 is 19.6 Å². The van der Waals surface area contributed by atoms with Gasteiger partial charge in [-0.05, 0) is 12.1 Å². The molecule has 4 rings (SSSR count). The Labute approximate surface area is 197 Å². The monoisotopic (exact) mass is 492 g/mol. The summed E-state index contributed by atoms with van der Waals surface area (Å²) in [5, 5.41) is 59.8. The summed E-state index contributed by atoms with van der Waals surface area (Å²) >= 11 is 0. The third-order valence-electron chi connectivity index (χ3n) is 5.65. The van der Waals surface area contributed by atoms with E-state index < -0.39 is 48.5 Å². The van der Waals surface area contributed by atoms with Crippen LogP contribution in [0.2, 0.25) is 0 Å². The van der Waals surface area contributed by atoms with Crippen molar-refractivity contribution < 1.29 is 54.0 Å². The maximum atomic E-state index is 12.8. The van der Waals surface area contributed by atoms with Gasteiger partial charge in [-0.3, -0.25) is 4.79 Å². The summed E-state index contributed by atoms with van der Waals surface area (Å²) in [4.78, 5) is 12.8. The Morgan fingerprint density at radius 1 is 0.914 bits per heavy atom. The molecule has 1 fully saturated rings. The highest BCUT2D eigenvalue weighted by Crippen LogP contribution is 2.41. The second-order valence-corrected chi connectivity index (χ2v) is 7.83. The minimum Gasteiger partial charge on any atom is -0.507 e. The van der Waals surface area contributed by atoms with Gasteiger partial charge >= 0.3 is 0 Å². The molecule has 0 aliphatic carbocycles. The van der Waals surface area contributed by atoms with Crippen LogP contribution in [-0.4, -0.2) is 82.2 Å². The second-order valence-electron chi connectivity index (χ2n) is 7.83. The van der Waals surface area contributed by atoms with E-state index >= 15 is 0 Å². The molecule has 6 N–H and O–H groups in total. The molecule has 5 atom stereocenters. The summed E-state index contributed by atoms with van der Waals surface area (Å²) in [6.45, 7) is -0.647. The summed E-state index contributed by atoms with van der Waals surface area (Å²) in [5.41, 5.74) is -0.336. The van der Waals surface area contributed by atoms with Crippen molar-refractivity contribution in [3.8, 4) is 40.1 Å². The summed E-state index contributed by atoms with van der Waals surface area (Å²) in [7, 11) is 2.69. The summed E-state index contributed by atoms with van der Waals surface area (Å²) in [6.07, 6.45) is -7.62. The number of phenols is 2. The van der Waals surface area contributed by atoms with Gasteiger partial charge in [-0.25, -0.2) is 0 Å². The zero-order chi connectivity index (χ0) is 25.4. The molecule has 0 bridgehead atoms. The first kappa shape index (κ1) is 24.6. The lowest BCUT2D eigenvalue weighted by atomic mass is 9.99. The molecule has 12 heteroatoms. The van der Waals surface area contributed by atoms with Crippen molar-refractivity contribution in [3.05, 3.63) is 40.6 Å². The van der Waals surface area contributed by atoms with E-state index in [0.29, 0.717) is 5.56 Å². The SMILES string of the molecule is COc1cc(-c2cc(=O)c3c(O)cc(O[C@@H]4O[C@H](CO)[C@@H](O)C(O)C4O)cc3o2)cc(OC)c1O. The largest absolute Gasteiger partial charge is 0.507 e. The summed E-state index contributed by atoms with van der Waals surface area (Å²) < 4.78 is 26.9. The van der Waals surface area contributed by atoms with Crippen LogP contribution >= 0.6 is 0 Å². The number of hydrogen-bond acceptors (Lipinski definition) is 12. The molecule has 1 aliphatic heterocycles. The normalized spacial score (nSPS) is 24.3. The molecular weight excluding hydrogens is 468 g/mol. The molecule has 188 valence electrons. The molecule has 0 spiro atoms. The van der Waals surface area contributed by atoms with Gasteiger partial charge in [0.25, 0.3) is 0 Å². The van der Waals surface area contributed by atoms with Crippen LogP contribution in [0.3, 0.4) is 0 Å². The van der Waals surface area contributed by atoms with Crippen LogP contribution in [0.25, 0.3) is 22.3 Å². The number of aliphatic hydroxyl groups is 4. The smallest absolute Gasteiger partial charge is 0.229 e. The minimum atomic E-state index is -1.68. The van der Waals surface area contributed by atoms with Gasteiger partial charge in [-0.2, -0.15) is 0 Å². The predicted molar refractivity (Wildman–Crippen MR) is 119 cm³/mol. The van der Waals surface area contributed by atoms with E-state index in [9.17, 15) is 35.4 Å². The third kappa shape index (κ3) is 4.45. The van der Waals surface area contributed by atoms with E-state index in [4.69, 9.17) is 23.4 Å². The van der Waals surface area contributed by atoms with E-state index in [1.165, 1.54) is 32.4 Å². The van der Waals surface area contributed by atoms with Crippen molar-refractivity contribution in [3.63, 3.8) is 0 Å². The average Bonchev–Trinajstić information content (AvgIpc) is 2.84. The predicted octanol–water partition coefficient (Wildman–Crippen LogP) is 0.0671. The Morgan fingerprint density at radius 2 is 1.57 bits per heavy atom. The topological polar surface area (TPSA) is 189 Å². The molecule has 1 aliphatic rings. The highest BCUT2D eigenvalue weighted by atomic mass is 16.7. The van der Waals surface area contributed by atoms with E-state index in [0.717, 1.165) is 12.1 Å². The Balaban J connectivity index is 1.75. The van der Waals surface area contributed by atoms with Crippen LogP contribution in [0.5, 0.6) is 28.7 Å². The summed E-state index contributed by atoms with van der Waals surface area (Å²) in [5.74, 6) is -0.615. The van der Waals surface area contributed by atoms with Crippen molar-refractivity contribution in [1.82, 2.24) is 0 Å². The second kappa shape index (κ2) is 9.60. The van der Waals surface area contributed by atoms with Gasteiger partial charge in [0, 0.05) is 23.8 Å². The van der Waals surface area contributed by atoms with Gasteiger partial charge in [0.05, 0.1) is 20.8 Å². The first-order chi connectivity index (χ1) is 16.7. The van der Waals surface area contributed by atoms with Crippen molar-refractivity contribution in [1.29, 1.82) is 0 Å². The van der Waals surface area contributed by atoms with Gasteiger partial charge < -0.3 is 54.0 Å². The van der Waals surface area contributed by atoms with Crippen LogP contribution in [0.1, 0.15) is 0 Å². The lowest BCUT2D eigenvalue weighted by molar-refractivity contribution is -0.277. The van der Waals surface area contributed by atoms with E-state index in [1.807, 2.05) is 0 Å². The molecule has 1 aromatic heterocycles. The first-order valence-electron chi connectivity index (χ1n) is 10.4. The van der Waals surface area contributed by atoms with Crippen LogP contribution in [0.4, 0.5) is 0 Å². The maximum Gasteiger partial charge on any atom is 0.229 e. The number of ether oxygens (including phenoxy) is 4. The highest BCUT2D eigenvalue weighted by Gasteiger charge is 2.44. The first-order valence-corrected chi connectivity index (χ1v) is 10.4. The standard InChI is InChI=1S/C23H24O12/c1-31-15-3-9(4-16(32-2)19(15)27)13-7-12(26)18-11(25)5-10(6-14(18)34-13)33-23-22(30)21(29)20(28)17(8-24)35-23/h3-7,17,20-25,27-30H,8H2,1-2H3/t17-,20-,21?,22?,23-/m1/s1. The highest BCUT2D eigenvalue weighted by molar-refractivity contribution is 5.86. The molecule has 0 saturated carbocycles. The van der Waals surface area contributed by atoms with Crippen molar-refractivity contribution >= 4 is 11.0 Å². The van der Waals surface area contributed by atoms with Gasteiger partial charge in [0.2, 0.25) is 12.0 Å². The van der Waals surface area contributed by atoms with Gasteiger partial charge in [-0.1, -0.05) is 0 Å². The maximum absolute atomic E-state index is 12.8. The fourth-order valence-corrected chi connectivity index (χ4v) is 3.79. The average molecular weight is 492 g/mol. The Hall–Kier alpha value is -3.55. The van der Waals surface area contributed by atoms with Gasteiger partial charge in [-0.15, -0.1) is 0 Å². The van der Waals surface area contributed by atoms with E-state index in [1.54, 1.807) is 0 Å². The molecule has 0 amide bonds. The molecule has 12 nitrogen and oxygen atoms in total. The van der Waals surface area contributed by atoms with Gasteiger partial charge in [0.1, 0.15) is 52.6 Å². The van der Waals surface area contributed by atoms with Crippen molar-refractivity contribution in [2.45, 2.75) is 30.7 Å². The van der Waals surface area contributed by atoms with Gasteiger partial charge in [0.15, 0.2) is 16.9 Å². The lowest BCUT2D eigenvalue weighted by Gasteiger charge is -2.39. The minimum absolute atomic E-state index is 0.0588. The number of aromatic hydroxyl groups is 2. The van der Waals surface area contributed by atoms with E-state index in [2.05, 4.69) is 0 Å². The Kier molecular flexibility index (Phi) is 6.74. The molecule has 2 heterocycles. The zero-order valence-corrected chi connectivity index (χ0v) is 18.6. The number of hydrogen-bond donors (Lipinski definition) is 6. The quantitative estimate of drug-likeness (QED) is 0.272. The number of rotatable bonds is 6. The molecule has 3 aromatic rings. The Bertz CT molecular complexity index is 1260. The third-order valence-corrected chi connectivity index (χ3v) is 5.65. The number of aliphatic hydroxyl groups excluding tert-OH is 4. The molecule has 0 radical (unpaired) electrons. The van der Waals surface area contributed by atoms with Crippen LogP contribution in [0, 0.1) is 0 Å².